The van der Waals surface area contributed by atoms with Crippen LogP contribution < -0.4 is 4.74 Å². The molecule has 0 spiro atoms. The van der Waals surface area contributed by atoms with Gasteiger partial charge in [-0.3, -0.25) is 5.41 Å². The highest BCUT2D eigenvalue weighted by Crippen LogP contribution is 2.24. The molecule has 0 aromatic heterocycles. The molecule has 0 aliphatic rings. The molecule has 0 bridgehead atoms. The van der Waals surface area contributed by atoms with Crippen LogP contribution in [-0.2, 0) is 0 Å². The van der Waals surface area contributed by atoms with Crippen molar-refractivity contribution in [3.8, 4) is 5.75 Å². The Morgan fingerprint density at radius 1 is 1.54 bits per heavy atom. The van der Waals surface area contributed by atoms with E-state index in [2.05, 4.69) is 0 Å². The summed E-state index contributed by atoms with van der Waals surface area (Å²) in [6.07, 6.45) is 1.85. The third-order valence-corrected chi connectivity index (χ3v) is 2.57. The third kappa shape index (κ3) is 2.39. The number of benzene rings is 1. The topological polar surface area (TPSA) is 33.1 Å². The molecular weight excluding hydrogens is 206 g/mol. The highest BCUT2D eigenvalue weighted by molar-refractivity contribution is 8.13. The largest absolute Gasteiger partial charge is 0.497 e. The second kappa shape index (κ2) is 4.53. The second-order valence-corrected chi connectivity index (χ2v) is 3.60. The number of hydrogen-bond acceptors (Lipinski definition) is 3. The monoisotopic (exact) mass is 215 g/mol. The summed E-state index contributed by atoms with van der Waals surface area (Å²) >= 11 is 7.31. The van der Waals surface area contributed by atoms with E-state index in [0.29, 0.717) is 15.8 Å². The lowest BCUT2D eigenvalue weighted by atomic mass is 10.2. The Morgan fingerprint density at radius 2 is 2.23 bits per heavy atom. The number of methoxy groups -OCH3 is 1. The van der Waals surface area contributed by atoms with E-state index in [-0.39, 0.29) is 0 Å². The fraction of sp³-hybridized carbons (Fsp3) is 0.222. The summed E-state index contributed by atoms with van der Waals surface area (Å²) < 4.78 is 5.00. The summed E-state index contributed by atoms with van der Waals surface area (Å²) in [6, 6.07) is 5.30. The first-order valence-electron chi connectivity index (χ1n) is 3.65. The Hall–Kier alpha value is -0.670. The molecule has 1 aromatic carbocycles. The Morgan fingerprint density at radius 3 is 2.69 bits per heavy atom. The van der Waals surface area contributed by atoms with Gasteiger partial charge < -0.3 is 4.74 Å². The first kappa shape index (κ1) is 10.4. The lowest BCUT2D eigenvalue weighted by Crippen LogP contribution is -1.94. The van der Waals surface area contributed by atoms with Crippen molar-refractivity contribution < 1.29 is 4.74 Å². The van der Waals surface area contributed by atoms with Crippen molar-refractivity contribution >= 4 is 28.4 Å². The van der Waals surface area contributed by atoms with E-state index in [1.54, 1.807) is 25.3 Å². The van der Waals surface area contributed by atoms with E-state index in [9.17, 15) is 0 Å². The molecule has 0 saturated heterocycles. The molecule has 0 aliphatic carbocycles. The lowest BCUT2D eigenvalue weighted by molar-refractivity contribution is 0.415. The van der Waals surface area contributed by atoms with Crippen LogP contribution in [0.5, 0.6) is 5.75 Å². The number of halogens is 1. The SMILES string of the molecule is COc1ccc(C(=N)SC)c(Cl)c1. The van der Waals surface area contributed by atoms with E-state index in [4.69, 9.17) is 21.7 Å². The Balaban J connectivity index is 3.05. The van der Waals surface area contributed by atoms with Gasteiger partial charge in [0.15, 0.2) is 0 Å². The van der Waals surface area contributed by atoms with Crippen LogP contribution in [0.4, 0.5) is 0 Å². The fourth-order valence-corrected chi connectivity index (χ4v) is 1.64. The molecule has 0 aliphatic heterocycles. The maximum Gasteiger partial charge on any atom is 0.120 e. The lowest BCUT2D eigenvalue weighted by Gasteiger charge is -2.05. The minimum absolute atomic E-state index is 0.465. The molecule has 0 heterocycles. The van der Waals surface area contributed by atoms with E-state index in [1.807, 2.05) is 6.26 Å². The highest BCUT2D eigenvalue weighted by atomic mass is 35.5. The zero-order valence-electron chi connectivity index (χ0n) is 7.43. The Kier molecular flexibility index (Phi) is 3.63. The number of rotatable bonds is 2. The number of thioether (sulfide) groups is 1. The van der Waals surface area contributed by atoms with Gasteiger partial charge in [0, 0.05) is 5.56 Å². The van der Waals surface area contributed by atoms with Crippen LogP contribution >= 0.6 is 23.4 Å². The predicted molar refractivity (Wildman–Crippen MR) is 58.3 cm³/mol. The molecule has 13 heavy (non-hydrogen) atoms. The van der Waals surface area contributed by atoms with E-state index in [1.165, 1.54) is 11.8 Å². The van der Waals surface area contributed by atoms with Crippen LogP contribution in [-0.4, -0.2) is 18.4 Å². The van der Waals surface area contributed by atoms with Crippen molar-refractivity contribution in [2.75, 3.05) is 13.4 Å². The van der Waals surface area contributed by atoms with Crippen LogP contribution in [0.25, 0.3) is 0 Å². The molecule has 1 N–H and O–H groups in total. The molecule has 4 heteroatoms. The minimum Gasteiger partial charge on any atom is -0.497 e. The quantitative estimate of drug-likeness (QED) is 0.608. The van der Waals surface area contributed by atoms with Crippen molar-refractivity contribution in [2.45, 2.75) is 0 Å². The number of ether oxygens (including phenoxy) is 1. The van der Waals surface area contributed by atoms with Crippen molar-refractivity contribution in [3.63, 3.8) is 0 Å². The van der Waals surface area contributed by atoms with Gasteiger partial charge in [-0.25, -0.2) is 0 Å². The summed E-state index contributed by atoms with van der Waals surface area (Å²) in [4.78, 5) is 0. The fourth-order valence-electron chi connectivity index (χ4n) is 0.917. The first-order chi connectivity index (χ1) is 6.19. The van der Waals surface area contributed by atoms with Gasteiger partial charge in [0.2, 0.25) is 0 Å². The van der Waals surface area contributed by atoms with Gasteiger partial charge in [0.05, 0.1) is 17.2 Å². The number of nitrogens with one attached hydrogen (secondary N) is 1. The summed E-state index contributed by atoms with van der Waals surface area (Å²) in [5, 5.41) is 8.60. The molecule has 0 amide bonds. The molecule has 0 unspecified atom stereocenters. The van der Waals surface area contributed by atoms with E-state index >= 15 is 0 Å². The van der Waals surface area contributed by atoms with Crippen molar-refractivity contribution in [1.29, 1.82) is 5.41 Å². The van der Waals surface area contributed by atoms with Gasteiger partial charge in [0.25, 0.3) is 0 Å². The van der Waals surface area contributed by atoms with Crippen molar-refractivity contribution in [1.82, 2.24) is 0 Å². The zero-order valence-corrected chi connectivity index (χ0v) is 9.00. The molecule has 2 nitrogen and oxygen atoms in total. The molecule has 0 radical (unpaired) electrons. The maximum atomic E-state index is 7.58. The van der Waals surface area contributed by atoms with Crippen LogP contribution in [0, 0.1) is 5.41 Å². The summed E-state index contributed by atoms with van der Waals surface area (Å²) in [7, 11) is 1.59. The smallest absolute Gasteiger partial charge is 0.120 e. The molecule has 0 atom stereocenters. The molecule has 70 valence electrons. The zero-order chi connectivity index (χ0) is 9.84. The van der Waals surface area contributed by atoms with Crippen LogP contribution in [0.15, 0.2) is 18.2 Å². The summed E-state index contributed by atoms with van der Waals surface area (Å²) in [6.45, 7) is 0. The van der Waals surface area contributed by atoms with Gasteiger partial charge in [-0.15, -0.1) is 11.8 Å². The van der Waals surface area contributed by atoms with Crippen LogP contribution in [0.1, 0.15) is 5.56 Å². The van der Waals surface area contributed by atoms with Crippen molar-refractivity contribution in [3.05, 3.63) is 28.8 Å². The standard InChI is InChI=1S/C9H10ClNOS/c1-12-6-3-4-7(8(10)5-6)9(11)13-2/h3-5,11H,1-2H3. The predicted octanol–water partition coefficient (Wildman–Crippen LogP) is 3.04. The average Bonchev–Trinajstić information content (AvgIpc) is 2.16. The molecular formula is C9H10ClNOS. The third-order valence-electron chi connectivity index (χ3n) is 1.63. The van der Waals surface area contributed by atoms with Crippen LogP contribution in [0.3, 0.4) is 0 Å². The van der Waals surface area contributed by atoms with Gasteiger partial charge in [-0.05, 0) is 24.5 Å². The summed E-state index contributed by atoms with van der Waals surface area (Å²) in [5.74, 6) is 0.711. The first-order valence-corrected chi connectivity index (χ1v) is 5.25. The van der Waals surface area contributed by atoms with Gasteiger partial charge >= 0.3 is 0 Å². The minimum atomic E-state index is 0.465. The summed E-state index contributed by atoms with van der Waals surface area (Å²) in [5.41, 5.74) is 0.745. The normalized spacial score (nSPS) is 9.77. The van der Waals surface area contributed by atoms with Crippen LogP contribution in [0.2, 0.25) is 5.02 Å². The number of hydrogen-bond donors (Lipinski definition) is 1. The van der Waals surface area contributed by atoms with E-state index in [0.717, 1.165) is 5.56 Å². The Labute approximate surface area is 86.8 Å². The molecule has 0 saturated carbocycles. The van der Waals surface area contributed by atoms with Gasteiger partial charge in [-0.1, -0.05) is 11.6 Å². The Bertz CT molecular complexity index is 327. The molecule has 1 rings (SSSR count). The van der Waals surface area contributed by atoms with Crippen molar-refractivity contribution in [2.24, 2.45) is 0 Å². The molecule has 0 fully saturated rings. The maximum absolute atomic E-state index is 7.58. The highest BCUT2D eigenvalue weighted by Gasteiger charge is 2.05. The van der Waals surface area contributed by atoms with Gasteiger partial charge in [0.1, 0.15) is 5.75 Å². The van der Waals surface area contributed by atoms with E-state index < -0.39 is 0 Å². The second-order valence-electron chi connectivity index (χ2n) is 2.38. The molecule has 1 aromatic rings. The van der Waals surface area contributed by atoms with Gasteiger partial charge in [-0.2, -0.15) is 0 Å². The average molecular weight is 216 g/mol.